The molecule has 0 aliphatic carbocycles. The van der Waals surface area contributed by atoms with E-state index < -0.39 is 32.9 Å². The SMILES string of the molecule is C[Si](C)(C)N[Si](C)(C)C.C[Si](C)(C)N[Si](C)(C)C.[Na]. The Morgan fingerprint density at radius 2 is 0.474 bits per heavy atom. The maximum atomic E-state index is 3.74. The molecule has 0 rings (SSSR count). The molecule has 0 aliphatic heterocycles. The molecule has 0 heterocycles. The van der Waals surface area contributed by atoms with Gasteiger partial charge < -0.3 is 9.30 Å². The molecule has 0 aliphatic rings. The predicted octanol–water partition coefficient (Wildman–Crippen LogP) is 4.11. The molecule has 2 nitrogen and oxygen atoms in total. The molecule has 0 saturated carbocycles. The fourth-order valence-electron chi connectivity index (χ4n) is 2.25. The average Bonchev–Trinajstić information content (AvgIpc) is 1.64. The van der Waals surface area contributed by atoms with Gasteiger partial charge in [0.05, 0.1) is 0 Å². The fourth-order valence-corrected chi connectivity index (χ4v) is 20.2. The van der Waals surface area contributed by atoms with Gasteiger partial charge in [0.2, 0.25) is 0 Å². The summed E-state index contributed by atoms with van der Waals surface area (Å²) in [6.07, 6.45) is 0. The standard InChI is InChI=1S/2C6H19NSi2.Na/c2*1-8(2,3)7-9(4,5)6;/h2*7H,1-6H3;. The minimum Gasteiger partial charge on any atom is -0.360 e. The van der Waals surface area contributed by atoms with Crippen molar-refractivity contribution in [2.45, 2.75) is 78.6 Å². The third-order valence-corrected chi connectivity index (χ3v) is 13.5. The normalized spacial score (nSPS) is 13.3. The van der Waals surface area contributed by atoms with E-state index in [-0.39, 0.29) is 29.6 Å². The van der Waals surface area contributed by atoms with E-state index in [2.05, 4.69) is 87.9 Å². The molecule has 0 aromatic heterocycles. The van der Waals surface area contributed by atoms with Crippen molar-refractivity contribution in [3.05, 3.63) is 0 Å². The van der Waals surface area contributed by atoms with Crippen molar-refractivity contribution in [1.82, 2.24) is 9.30 Å². The van der Waals surface area contributed by atoms with Crippen molar-refractivity contribution in [1.29, 1.82) is 0 Å². The summed E-state index contributed by atoms with van der Waals surface area (Å²) >= 11 is 0. The number of hydrogen-bond donors (Lipinski definition) is 2. The molecular weight excluding hydrogens is 307 g/mol. The van der Waals surface area contributed by atoms with Crippen molar-refractivity contribution in [3.63, 3.8) is 0 Å². The Morgan fingerprint density at radius 3 is 0.474 bits per heavy atom. The van der Waals surface area contributed by atoms with Gasteiger partial charge in [-0.05, 0) is 0 Å². The van der Waals surface area contributed by atoms with Crippen molar-refractivity contribution >= 4 is 62.5 Å². The van der Waals surface area contributed by atoms with Gasteiger partial charge in [0.15, 0.2) is 0 Å². The zero-order valence-electron chi connectivity index (χ0n) is 16.0. The minimum absolute atomic E-state index is 0. The second-order valence-corrected chi connectivity index (χ2v) is 29.2. The van der Waals surface area contributed by atoms with Gasteiger partial charge in [0, 0.05) is 29.6 Å². The first kappa shape index (κ1) is 25.7. The molecule has 19 heavy (non-hydrogen) atoms. The van der Waals surface area contributed by atoms with Crippen LogP contribution in [0.2, 0.25) is 78.6 Å². The molecule has 0 atom stereocenters. The van der Waals surface area contributed by atoms with Crippen molar-refractivity contribution < 1.29 is 0 Å². The third kappa shape index (κ3) is 32.9. The Kier molecular flexibility index (Phi) is 12.2. The summed E-state index contributed by atoms with van der Waals surface area (Å²) in [7, 11) is -3.92. The Bertz CT molecular complexity index is 184. The summed E-state index contributed by atoms with van der Waals surface area (Å²) in [5.74, 6) is 0. The molecular formula is C12H38N2NaSi4. The van der Waals surface area contributed by atoms with Gasteiger partial charge in [-0.1, -0.05) is 78.6 Å². The molecule has 0 aromatic rings. The molecule has 2 N–H and O–H groups in total. The molecule has 1 radical (unpaired) electrons. The molecule has 0 saturated heterocycles. The summed E-state index contributed by atoms with van der Waals surface area (Å²) in [4.78, 5) is 0. The maximum absolute atomic E-state index is 3.74. The fraction of sp³-hybridized carbons (Fsp3) is 1.00. The zero-order chi connectivity index (χ0) is 15.4. The summed E-state index contributed by atoms with van der Waals surface area (Å²) in [5, 5.41) is 0. The Labute approximate surface area is 149 Å². The molecule has 7 heteroatoms. The maximum Gasteiger partial charge on any atom is 0.109 e. The van der Waals surface area contributed by atoms with Crippen molar-refractivity contribution in [2.24, 2.45) is 0 Å². The number of rotatable bonds is 4. The molecule has 0 bridgehead atoms. The van der Waals surface area contributed by atoms with Crippen LogP contribution in [-0.4, -0.2) is 62.5 Å². The van der Waals surface area contributed by atoms with Crippen LogP contribution in [-0.2, 0) is 0 Å². The first-order valence-electron chi connectivity index (χ1n) is 7.00. The Morgan fingerprint density at radius 1 is 0.368 bits per heavy atom. The van der Waals surface area contributed by atoms with Crippen LogP contribution < -0.4 is 9.30 Å². The van der Waals surface area contributed by atoms with Crippen LogP contribution in [0.5, 0.6) is 0 Å². The van der Waals surface area contributed by atoms with E-state index in [1.807, 2.05) is 0 Å². The Hall–Kier alpha value is 1.79. The van der Waals surface area contributed by atoms with E-state index in [1.165, 1.54) is 0 Å². The molecule has 0 spiro atoms. The van der Waals surface area contributed by atoms with E-state index >= 15 is 0 Å². The summed E-state index contributed by atoms with van der Waals surface area (Å²) in [6, 6.07) is 0. The first-order chi connectivity index (χ1) is 7.41. The monoisotopic (exact) mass is 345 g/mol. The molecule has 113 valence electrons. The van der Waals surface area contributed by atoms with Crippen LogP contribution in [0.4, 0.5) is 0 Å². The molecule has 0 unspecified atom stereocenters. The topological polar surface area (TPSA) is 24.1 Å². The molecule has 0 aromatic carbocycles. The summed E-state index contributed by atoms with van der Waals surface area (Å²) in [6.45, 7) is 28.2. The van der Waals surface area contributed by atoms with Crippen LogP contribution in [0.25, 0.3) is 0 Å². The predicted molar refractivity (Wildman–Crippen MR) is 105 cm³/mol. The zero-order valence-corrected chi connectivity index (χ0v) is 22.0. The second kappa shape index (κ2) is 9.05. The van der Waals surface area contributed by atoms with Crippen LogP contribution in [0.3, 0.4) is 0 Å². The largest absolute Gasteiger partial charge is 0.360 e. The van der Waals surface area contributed by atoms with Gasteiger partial charge in [-0.3, -0.25) is 0 Å². The molecule has 0 fully saturated rings. The number of hydrogen-bond acceptors (Lipinski definition) is 2. The number of nitrogens with one attached hydrogen (secondary N) is 2. The van der Waals surface area contributed by atoms with Crippen LogP contribution in [0.1, 0.15) is 0 Å². The van der Waals surface area contributed by atoms with Crippen molar-refractivity contribution in [2.75, 3.05) is 0 Å². The second-order valence-electron chi connectivity index (χ2n) is 9.25. The third-order valence-electron chi connectivity index (χ3n) is 1.50. The van der Waals surface area contributed by atoms with E-state index in [1.54, 1.807) is 0 Å². The van der Waals surface area contributed by atoms with Gasteiger partial charge in [0.25, 0.3) is 0 Å². The van der Waals surface area contributed by atoms with E-state index in [0.29, 0.717) is 0 Å². The molecule has 0 amide bonds. The summed E-state index contributed by atoms with van der Waals surface area (Å²) in [5.41, 5.74) is 0. The van der Waals surface area contributed by atoms with Crippen LogP contribution >= 0.6 is 0 Å². The van der Waals surface area contributed by atoms with Crippen LogP contribution in [0, 0.1) is 0 Å². The van der Waals surface area contributed by atoms with E-state index in [0.717, 1.165) is 0 Å². The van der Waals surface area contributed by atoms with Gasteiger partial charge in [-0.15, -0.1) is 0 Å². The van der Waals surface area contributed by atoms with Gasteiger partial charge in [-0.2, -0.15) is 0 Å². The van der Waals surface area contributed by atoms with Crippen molar-refractivity contribution in [3.8, 4) is 0 Å². The summed E-state index contributed by atoms with van der Waals surface area (Å²) < 4.78 is 7.47. The Balaban J connectivity index is -0.000000256. The van der Waals surface area contributed by atoms with Gasteiger partial charge in [0.1, 0.15) is 32.9 Å². The van der Waals surface area contributed by atoms with Crippen LogP contribution in [0.15, 0.2) is 0 Å². The van der Waals surface area contributed by atoms with E-state index in [4.69, 9.17) is 0 Å². The minimum atomic E-state index is -0.981. The van der Waals surface area contributed by atoms with E-state index in [9.17, 15) is 0 Å². The average molecular weight is 346 g/mol. The van der Waals surface area contributed by atoms with Gasteiger partial charge >= 0.3 is 0 Å². The van der Waals surface area contributed by atoms with Gasteiger partial charge in [-0.25, -0.2) is 0 Å². The smallest absolute Gasteiger partial charge is 0.109 e. The first-order valence-corrected chi connectivity index (χ1v) is 21.0. The quantitative estimate of drug-likeness (QED) is 0.749.